The number of ether oxygens (including phenoxy) is 1. The summed E-state index contributed by atoms with van der Waals surface area (Å²) in [6.07, 6.45) is 7.08. The largest absolute Gasteiger partial charge is 0.377 e. The monoisotopic (exact) mass is 293 g/mol. The summed E-state index contributed by atoms with van der Waals surface area (Å²) >= 11 is 0. The highest BCUT2D eigenvalue weighted by Gasteiger charge is 2.29. The fourth-order valence-corrected chi connectivity index (χ4v) is 3.49. The zero-order chi connectivity index (χ0) is 15.2. The van der Waals surface area contributed by atoms with Gasteiger partial charge in [0, 0.05) is 12.6 Å². The molecule has 2 atom stereocenters. The summed E-state index contributed by atoms with van der Waals surface area (Å²) in [5, 5.41) is 0. The average Bonchev–Trinajstić information content (AvgIpc) is 2.49. The van der Waals surface area contributed by atoms with Crippen molar-refractivity contribution in [1.82, 2.24) is 0 Å². The van der Waals surface area contributed by atoms with Gasteiger partial charge in [-0.3, -0.25) is 0 Å². The molecule has 2 rings (SSSR count). The van der Waals surface area contributed by atoms with Crippen LogP contribution in [-0.2, 0) is 11.2 Å². The van der Waals surface area contributed by atoms with E-state index in [2.05, 4.69) is 0 Å². The van der Waals surface area contributed by atoms with Gasteiger partial charge in [-0.05, 0) is 62.3 Å². The summed E-state index contributed by atoms with van der Waals surface area (Å²) in [5.74, 6) is 0.371. The van der Waals surface area contributed by atoms with Crippen molar-refractivity contribution >= 4 is 0 Å². The first-order chi connectivity index (χ1) is 10.1. The van der Waals surface area contributed by atoms with Crippen LogP contribution < -0.4 is 5.73 Å². The maximum absolute atomic E-state index is 13.4. The Morgan fingerprint density at radius 2 is 2.00 bits per heavy atom. The summed E-state index contributed by atoms with van der Waals surface area (Å²) < 4.78 is 19.4. The van der Waals surface area contributed by atoms with Crippen LogP contribution in [0, 0.1) is 18.7 Å². The Hall–Kier alpha value is -0.930. The number of aryl methyl sites for hydroxylation is 1. The molecule has 1 aliphatic carbocycles. The first-order valence-electron chi connectivity index (χ1n) is 8.24. The fourth-order valence-electron chi connectivity index (χ4n) is 3.49. The Balaban J connectivity index is 2.06. The Labute approximate surface area is 127 Å². The highest BCUT2D eigenvalue weighted by atomic mass is 19.1. The van der Waals surface area contributed by atoms with Crippen molar-refractivity contribution < 1.29 is 9.13 Å². The molecule has 0 heterocycles. The molecular formula is C18H28FNO. The molecule has 1 aliphatic rings. The van der Waals surface area contributed by atoms with Crippen LogP contribution in [0.4, 0.5) is 4.39 Å². The molecular weight excluding hydrogens is 265 g/mol. The quantitative estimate of drug-likeness (QED) is 0.860. The van der Waals surface area contributed by atoms with Crippen molar-refractivity contribution in [1.29, 1.82) is 0 Å². The first-order valence-corrected chi connectivity index (χ1v) is 8.24. The Bertz CT molecular complexity index is 443. The van der Waals surface area contributed by atoms with Gasteiger partial charge in [0.15, 0.2) is 0 Å². The fraction of sp³-hybridized carbons (Fsp3) is 0.667. The second-order valence-electron chi connectivity index (χ2n) is 6.26. The van der Waals surface area contributed by atoms with Crippen LogP contribution in [0.2, 0.25) is 0 Å². The predicted octanol–water partition coefficient (Wildman–Crippen LogP) is 3.99. The number of nitrogens with two attached hydrogens (primary N) is 1. The van der Waals surface area contributed by atoms with Crippen molar-refractivity contribution in [3.8, 4) is 0 Å². The third-order valence-corrected chi connectivity index (χ3v) is 4.66. The number of hydrogen-bond donors (Lipinski definition) is 1. The van der Waals surface area contributed by atoms with Crippen LogP contribution in [0.3, 0.4) is 0 Å². The molecule has 118 valence electrons. The lowest BCUT2D eigenvalue weighted by Crippen LogP contribution is -2.44. The maximum Gasteiger partial charge on any atom is 0.123 e. The van der Waals surface area contributed by atoms with E-state index in [1.807, 2.05) is 19.9 Å². The molecule has 0 bridgehead atoms. The summed E-state index contributed by atoms with van der Waals surface area (Å²) in [7, 11) is 0. The highest BCUT2D eigenvalue weighted by Crippen LogP contribution is 2.30. The second-order valence-corrected chi connectivity index (χ2v) is 6.26. The third kappa shape index (κ3) is 4.52. The normalized spacial score (nSPS) is 19.4. The zero-order valence-corrected chi connectivity index (χ0v) is 13.3. The van der Waals surface area contributed by atoms with E-state index in [0.717, 1.165) is 11.1 Å². The lowest BCUT2D eigenvalue weighted by atomic mass is 9.81. The van der Waals surface area contributed by atoms with E-state index in [9.17, 15) is 4.39 Å². The molecule has 2 nitrogen and oxygen atoms in total. The lowest BCUT2D eigenvalue weighted by molar-refractivity contribution is -0.00915. The molecule has 1 saturated carbocycles. The van der Waals surface area contributed by atoms with Crippen molar-refractivity contribution in [3.63, 3.8) is 0 Å². The molecule has 0 amide bonds. The molecule has 21 heavy (non-hydrogen) atoms. The van der Waals surface area contributed by atoms with Gasteiger partial charge < -0.3 is 10.5 Å². The molecule has 3 heteroatoms. The van der Waals surface area contributed by atoms with Crippen molar-refractivity contribution in [2.24, 2.45) is 11.7 Å². The van der Waals surface area contributed by atoms with Crippen molar-refractivity contribution in [2.45, 2.75) is 64.5 Å². The van der Waals surface area contributed by atoms with Crippen LogP contribution in [0.25, 0.3) is 0 Å². The van der Waals surface area contributed by atoms with Gasteiger partial charge in [0.2, 0.25) is 0 Å². The molecule has 0 aromatic heterocycles. The predicted molar refractivity (Wildman–Crippen MR) is 84.8 cm³/mol. The van der Waals surface area contributed by atoms with Gasteiger partial charge in [0.05, 0.1) is 6.10 Å². The van der Waals surface area contributed by atoms with Crippen molar-refractivity contribution in [2.75, 3.05) is 6.61 Å². The van der Waals surface area contributed by atoms with E-state index in [1.54, 1.807) is 6.07 Å². The van der Waals surface area contributed by atoms with Crippen LogP contribution in [-0.4, -0.2) is 18.8 Å². The third-order valence-electron chi connectivity index (χ3n) is 4.66. The smallest absolute Gasteiger partial charge is 0.123 e. The summed E-state index contributed by atoms with van der Waals surface area (Å²) in [5.41, 5.74) is 8.54. The molecule has 0 spiro atoms. The number of hydrogen-bond acceptors (Lipinski definition) is 2. The van der Waals surface area contributed by atoms with E-state index in [4.69, 9.17) is 10.5 Å². The van der Waals surface area contributed by atoms with Gasteiger partial charge in [0.1, 0.15) is 5.82 Å². The average molecular weight is 293 g/mol. The molecule has 0 aliphatic heterocycles. The minimum Gasteiger partial charge on any atom is -0.377 e. The summed E-state index contributed by atoms with van der Waals surface area (Å²) in [6, 6.07) is 4.88. The molecule has 1 aromatic rings. The lowest BCUT2D eigenvalue weighted by Gasteiger charge is -2.34. The summed E-state index contributed by atoms with van der Waals surface area (Å²) in [6.45, 7) is 4.73. The molecule has 0 saturated heterocycles. The van der Waals surface area contributed by atoms with Gasteiger partial charge >= 0.3 is 0 Å². The standard InChI is InChI=1S/C18H28FNO/c1-3-21-18(14-7-5-4-6-8-14)17(20)12-15-11-16(19)10-9-13(15)2/h9-11,14,17-18H,3-8,12,20H2,1-2H3. The zero-order valence-electron chi connectivity index (χ0n) is 13.3. The van der Waals surface area contributed by atoms with Crippen LogP contribution >= 0.6 is 0 Å². The van der Waals surface area contributed by atoms with Gasteiger partial charge in [-0.1, -0.05) is 25.3 Å². The van der Waals surface area contributed by atoms with E-state index < -0.39 is 0 Å². The molecule has 1 aromatic carbocycles. The Kier molecular flexibility index (Phi) is 6.19. The van der Waals surface area contributed by atoms with E-state index in [1.165, 1.54) is 38.2 Å². The molecule has 2 unspecified atom stereocenters. The van der Waals surface area contributed by atoms with E-state index >= 15 is 0 Å². The SMILES string of the molecule is CCOC(C(N)Cc1cc(F)ccc1C)C1CCCCC1. The first kappa shape index (κ1) is 16.4. The molecule has 1 fully saturated rings. The van der Waals surface area contributed by atoms with E-state index in [-0.39, 0.29) is 18.0 Å². The van der Waals surface area contributed by atoms with Crippen LogP contribution in [0.5, 0.6) is 0 Å². The van der Waals surface area contributed by atoms with Gasteiger partial charge in [0.25, 0.3) is 0 Å². The highest BCUT2D eigenvalue weighted by molar-refractivity contribution is 5.27. The van der Waals surface area contributed by atoms with E-state index in [0.29, 0.717) is 18.9 Å². The molecule has 0 radical (unpaired) electrons. The Morgan fingerprint density at radius 3 is 2.67 bits per heavy atom. The maximum atomic E-state index is 13.4. The van der Waals surface area contributed by atoms with Gasteiger partial charge in [-0.15, -0.1) is 0 Å². The summed E-state index contributed by atoms with van der Waals surface area (Å²) in [4.78, 5) is 0. The van der Waals surface area contributed by atoms with Gasteiger partial charge in [-0.2, -0.15) is 0 Å². The number of benzene rings is 1. The minimum absolute atomic E-state index is 0.0615. The molecule has 2 N–H and O–H groups in total. The van der Waals surface area contributed by atoms with Gasteiger partial charge in [-0.25, -0.2) is 4.39 Å². The minimum atomic E-state index is -0.187. The second kappa shape index (κ2) is 7.90. The number of halogens is 1. The van der Waals surface area contributed by atoms with Crippen molar-refractivity contribution in [3.05, 3.63) is 35.1 Å². The topological polar surface area (TPSA) is 35.2 Å². The van der Waals surface area contributed by atoms with Crippen LogP contribution in [0.1, 0.15) is 50.2 Å². The number of rotatable bonds is 6. The Morgan fingerprint density at radius 1 is 1.29 bits per heavy atom. The van der Waals surface area contributed by atoms with Crippen LogP contribution in [0.15, 0.2) is 18.2 Å².